The predicted octanol–water partition coefficient (Wildman–Crippen LogP) is 1.99. The molecule has 1 saturated heterocycles. The number of nitrogens with zero attached hydrogens (tertiary/aromatic N) is 1. The van der Waals surface area contributed by atoms with Crippen LogP contribution in [0.4, 0.5) is 0 Å². The van der Waals surface area contributed by atoms with E-state index < -0.39 is 11.4 Å². The second-order valence-electron chi connectivity index (χ2n) is 5.52. The number of aliphatic carboxylic acids is 1. The zero-order valence-electron chi connectivity index (χ0n) is 10.4. The molecule has 1 N–H and O–H groups in total. The molecule has 1 aromatic heterocycles. The maximum absolute atomic E-state index is 11.6. The standard InChI is InChI=1S/C14H17NO3/c1-13(12(16)17)9-14(13,11-3-2-8-18-11)10-4-6-15-7-5-10/h4-7,11H,2-3,8-9H2,1H3,(H,16,17)/t11-,13-,14+/m0/s1. The van der Waals surface area contributed by atoms with Gasteiger partial charge >= 0.3 is 5.97 Å². The molecule has 4 nitrogen and oxygen atoms in total. The number of hydrogen-bond acceptors (Lipinski definition) is 3. The van der Waals surface area contributed by atoms with Gasteiger partial charge in [0.25, 0.3) is 0 Å². The lowest BCUT2D eigenvalue weighted by Crippen LogP contribution is -2.34. The van der Waals surface area contributed by atoms with E-state index in [9.17, 15) is 9.90 Å². The monoisotopic (exact) mass is 247 g/mol. The molecule has 0 bridgehead atoms. The molecule has 0 unspecified atom stereocenters. The molecule has 0 amide bonds. The van der Waals surface area contributed by atoms with Crippen LogP contribution in [0, 0.1) is 5.41 Å². The van der Waals surface area contributed by atoms with Crippen molar-refractivity contribution >= 4 is 5.97 Å². The first kappa shape index (κ1) is 11.7. The third kappa shape index (κ3) is 1.35. The summed E-state index contributed by atoms with van der Waals surface area (Å²) in [5.74, 6) is -0.727. The van der Waals surface area contributed by atoms with Crippen molar-refractivity contribution in [2.24, 2.45) is 5.41 Å². The fraction of sp³-hybridized carbons (Fsp3) is 0.571. The molecular formula is C14H17NO3. The van der Waals surface area contributed by atoms with E-state index in [0.717, 1.165) is 25.0 Å². The number of carbonyl (C=O) groups is 1. The third-order valence-corrected chi connectivity index (χ3v) is 4.64. The molecule has 4 heteroatoms. The van der Waals surface area contributed by atoms with Gasteiger partial charge in [0.1, 0.15) is 0 Å². The number of pyridine rings is 1. The van der Waals surface area contributed by atoms with Crippen molar-refractivity contribution in [1.29, 1.82) is 0 Å². The van der Waals surface area contributed by atoms with Gasteiger partial charge in [-0.2, -0.15) is 0 Å². The first-order valence-corrected chi connectivity index (χ1v) is 6.37. The second-order valence-corrected chi connectivity index (χ2v) is 5.52. The summed E-state index contributed by atoms with van der Waals surface area (Å²) in [5.41, 5.74) is -0.0175. The summed E-state index contributed by atoms with van der Waals surface area (Å²) < 4.78 is 5.80. The predicted molar refractivity (Wildman–Crippen MR) is 65.2 cm³/mol. The molecule has 18 heavy (non-hydrogen) atoms. The fourth-order valence-corrected chi connectivity index (χ4v) is 3.47. The van der Waals surface area contributed by atoms with Gasteiger partial charge in [0.2, 0.25) is 0 Å². The van der Waals surface area contributed by atoms with Crippen molar-refractivity contribution in [3.8, 4) is 0 Å². The Morgan fingerprint density at radius 1 is 1.50 bits per heavy atom. The zero-order chi connectivity index (χ0) is 12.8. The van der Waals surface area contributed by atoms with E-state index in [1.165, 1.54) is 0 Å². The second kappa shape index (κ2) is 3.79. The van der Waals surface area contributed by atoms with Crippen molar-refractivity contribution in [1.82, 2.24) is 4.98 Å². The van der Waals surface area contributed by atoms with E-state index in [0.29, 0.717) is 6.42 Å². The number of hydrogen-bond donors (Lipinski definition) is 1. The van der Waals surface area contributed by atoms with Gasteiger partial charge in [-0.3, -0.25) is 9.78 Å². The smallest absolute Gasteiger partial charge is 0.310 e. The minimum Gasteiger partial charge on any atom is -0.481 e. The number of ether oxygens (including phenoxy) is 1. The lowest BCUT2D eigenvalue weighted by Gasteiger charge is -2.27. The van der Waals surface area contributed by atoms with Crippen molar-refractivity contribution in [3.63, 3.8) is 0 Å². The van der Waals surface area contributed by atoms with Crippen LogP contribution in [0.5, 0.6) is 0 Å². The van der Waals surface area contributed by atoms with Crippen molar-refractivity contribution < 1.29 is 14.6 Å². The van der Waals surface area contributed by atoms with E-state index in [4.69, 9.17) is 4.74 Å². The Labute approximate surface area is 106 Å². The molecule has 2 aliphatic rings. The van der Waals surface area contributed by atoms with Gasteiger partial charge in [0, 0.05) is 24.4 Å². The SMILES string of the molecule is C[C@@]1(C(=O)O)C[C@@]1(c1ccncc1)[C@@H]1CCCO1. The Bertz CT molecular complexity index is 469. The molecule has 96 valence electrons. The van der Waals surface area contributed by atoms with E-state index in [2.05, 4.69) is 4.98 Å². The molecular weight excluding hydrogens is 230 g/mol. The Morgan fingerprint density at radius 2 is 2.22 bits per heavy atom. The Balaban J connectivity index is 2.04. The highest BCUT2D eigenvalue weighted by Crippen LogP contribution is 2.68. The van der Waals surface area contributed by atoms with Crippen LogP contribution in [0.1, 0.15) is 31.7 Å². The highest BCUT2D eigenvalue weighted by atomic mass is 16.5. The van der Waals surface area contributed by atoms with Gasteiger partial charge in [-0.05, 0) is 43.9 Å². The maximum atomic E-state index is 11.6. The van der Waals surface area contributed by atoms with Crippen LogP contribution in [0.3, 0.4) is 0 Å². The minimum absolute atomic E-state index is 0.0287. The summed E-state index contributed by atoms with van der Waals surface area (Å²) >= 11 is 0. The third-order valence-electron chi connectivity index (χ3n) is 4.64. The van der Waals surface area contributed by atoms with Gasteiger partial charge in [0.15, 0.2) is 0 Å². The molecule has 2 heterocycles. The van der Waals surface area contributed by atoms with Crippen LogP contribution in [0.15, 0.2) is 24.5 Å². The molecule has 0 radical (unpaired) electrons. The summed E-state index contributed by atoms with van der Waals surface area (Å²) in [5, 5.41) is 9.50. The van der Waals surface area contributed by atoms with Gasteiger partial charge < -0.3 is 9.84 Å². The summed E-state index contributed by atoms with van der Waals surface area (Å²) in [4.78, 5) is 15.6. The highest BCUT2D eigenvalue weighted by molar-refractivity contribution is 5.82. The summed E-state index contributed by atoms with van der Waals surface area (Å²) in [6, 6.07) is 3.85. The van der Waals surface area contributed by atoms with E-state index in [-0.39, 0.29) is 11.5 Å². The first-order chi connectivity index (χ1) is 8.61. The van der Waals surface area contributed by atoms with Crippen LogP contribution in [-0.2, 0) is 14.9 Å². The van der Waals surface area contributed by atoms with Crippen LogP contribution in [-0.4, -0.2) is 28.8 Å². The van der Waals surface area contributed by atoms with Crippen LogP contribution in [0.25, 0.3) is 0 Å². The lowest BCUT2D eigenvalue weighted by molar-refractivity contribution is -0.144. The van der Waals surface area contributed by atoms with E-state index in [1.807, 2.05) is 19.1 Å². The van der Waals surface area contributed by atoms with Crippen molar-refractivity contribution in [2.45, 2.75) is 37.7 Å². The van der Waals surface area contributed by atoms with Gasteiger partial charge in [0.05, 0.1) is 11.5 Å². The molecule has 2 fully saturated rings. The molecule has 3 rings (SSSR count). The average molecular weight is 247 g/mol. The minimum atomic E-state index is -0.727. The molecule has 1 saturated carbocycles. The van der Waals surface area contributed by atoms with Crippen molar-refractivity contribution in [3.05, 3.63) is 30.1 Å². The van der Waals surface area contributed by atoms with Gasteiger partial charge in [-0.25, -0.2) is 0 Å². The molecule has 1 aromatic rings. The number of rotatable bonds is 3. The largest absolute Gasteiger partial charge is 0.481 e. The van der Waals surface area contributed by atoms with E-state index in [1.54, 1.807) is 12.4 Å². The van der Waals surface area contributed by atoms with E-state index >= 15 is 0 Å². The zero-order valence-corrected chi connectivity index (χ0v) is 10.4. The van der Waals surface area contributed by atoms with Crippen LogP contribution in [0.2, 0.25) is 0 Å². The molecule has 0 aromatic carbocycles. The van der Waals surface area contributed by atoms with Crippen LogP contribution >= 0.6 is 0 Å². The number of aromatic nitrogens is 1. The topological polar surface area (TPSA) is 59.4 Å². The number of carboxylic acid groups (broad SMARTS) is 1. The first-order valence-electron chi connectivity index (χ1n) is 6.37. The van der Waals surface area contributed by atoms with Gasteiger partial charge in [-0.1, -0.05) is 0 Å². The molecule has 1 aliphatic heterocycles. The van der Waals surface area contributed by atoms with Gasteiger partial charge in [-0.15, -0.1) is 0 Å². The normalized spacial score (nSPS) is 38.6. The molecule has 3 atom stereocenters. The molecule has 0 spiro atoms. The van der Waals surface area contributed by atoms with Crippen molar-refractivity contribution in [2.75, 3.05) is 6.61 Å². The van der Waals surface area contributed by atoms with Crippen LogP contribution < -0.4 is 0 Å². The Hall–Kier alpha value is -1.42. The fourth-order valence-electron chi connectivity index (χ4n) is 3.47. The molecule has 1 aliphatic carbocycles. The summed E-state index contributed by atoms with van der Waals surface area (Å²) in [6.07, 6.45) is 6.11. The highest BCUT2D eigenvalue weighted by Gasteiger charge is 2.73. The summed E-state index contributed by atoms with van der Waals surface area (Å²) in [6.45, 7) is 2.57. The Kier molecular flexibility index (Phi) is 2.45. The number of carboxylic acids is 1. The quantitative estimate of drug-likeness (QED) is 0.887. The summed E-state index contributed by atoms with van der Waals surface area (Å²) in [7, 11) is 0. The average Bonchev–Trinajstić information content (AvgIpc) is 2.78. The lowest BCUT2D eigenvalue weighted by atomic mass is 9.81. The Morgan fingerprint density at radius 3 is 2.72 bits per heavy atom. The maximum Gasteiger partial charge on any atom is 0.310 e.